The fourth-order valence-corrected chi connectivity index (χ4v) is 2.48. The molecule has 1 unspecified atom stereocenters. The summed E-state index contributed by atoms with van der Waals surface area (Å²) in [6.45, 7) is 0. The van der Waals surface area contributed by atoms with Gasteiger partial charge in [-0.05, 0) is 48.5 Å². The van der Waals surface area contributed by atoms with Gasteiger partial charge in [-0.1, -0.05) is 6.07 Å². The molecule has 0 aliphatic rings. The summed E-state index contributed by atoms with van der Waals surface area (Å²) in [7, 11) is 1.60. The monoisotopic (exact) mass is 325 g/mol. The van der Waals surface area contributed by atoms with Gasteiger partial charge in [0.05, 0.1) is 12.6 Å². The van der Waals surface area contributed by atoms with E-state index in [0.29, 0.717) is 5.69 Å². The Balaban J connectivity index is 1.78. The van der Waals surface area contributed by atoms with E-state index in [1.807, 2.05) is 18.2 Å². The van der Waals surface area contributed by atoms with Gasteiger partial charge in [0, 0.05) is 23.1 Å². The van der Waals surface area contributed by atoms with E-state index in [1.165, 1.54) is 24.3 Å². The minimum absolute atomic E-state index is 0.0954. The van der Waals surface area contributed by atoms with Gasteiger partial charge in [0.1, 0.15) is 17.7 Å². The molecule has 0 aliphatic heterocycles. The van der Waals surface area contributed by atoms with Crippen molar-refractivity contribution < 1.29 is 19.0 Å². The predicted molar refractivity (Wildman–Crippen MR) is 88.7 cm³/mol. The molecule has 0 saturated carbocycles. The number of aromatic nitrogens is 1. The molecule has 0 aliphatic carbocycles. The molecule has 1 aromatic heterocycles. The van der Waals surface area contributed by atoms with Crippen LogP contribution in [0, 0.1) is 5.82 Å². The summed E-state index contributed by atoms with van der Waals surface area (Å²) >= 11 is 0. The molecule has 1 heterocycles. The van der Waals surface area contributed by atoms with Gasteiger partial charge in [-0.25, -0.2) is 4.39 Å². The van der Waals surface area contributed by atoms with Crippen LogP contribution >= 0.6 is 0 Å². The molecule has 3 aromatic rings. The summed E-state index contributed by atoms with van der Waals surface area (Å²) in [6.07, 6.45) is -1.13. The second-order valence-corrected chi connectivity index (χ2v) is 5.45. The maximum atomic E-state index is 12.9. The SMILES string of the molecule is COc1ccc2nc(CC(O)C(=O)c3ccc(F)cc3)ccc2c1. The van der Waals surface area contributed by atoms with Crippen LogP contribution in [0.15, 0.2) is 54.6 Å². The number of halogens is 1. The van der Waals surface area contributed by atoms with Crippen LogP contribution < -0.4 is 4.74 Å². The molecule has 0 spiro atoms. The van der Waals surface area contributed by atoms with E-state index in [1.54, 1.807) is 19.2 Å². The van der Waals surface area contributed by atoms with Crippen LogP contribution in [-0.2, 0) is 6.42 Å². The lowest BCUT2D eigenvalue weighted by Gasteiger charge is -2.10. The lowest BCUT2D eigenvalue weighted by atomic mass is 10.0. The molecule has 0 fully saturated rings. The number of carbonyl (C=O) groups is 1. The van der Waals surface area contributed by atoms with Crippen molar-refractivity contribution in [3.05, 3.63) is 71.7 Å². The fourth-order valence-electron chi connectivity index (χ4n) is 2.48. The number of Topliss-reactive ketones (excluding diaryl/α,β-unsaturated/α-hetero) is 1. The lowest BCUT2D eigenvalue weighted by molar-refractivity contribution is 0.0746. The minimum atomic E-state index is -1.22. The van der Waals surface area contributed by atoms with E-state index in [2.05, 4.69) is 4.98 Å². The number of hydrogen-bond acceptors (Lipinski definition) is 4. The van der Waals surface area contributed by atoms with Crippen molar-refractivity contribution in [1.82, 2.24) is 4.98 Å². The molecular weight excluding hydrogens is 309 g/mol. The molecule has 2 aromatic carbocycles. The second kappa shape index (κ2) is 6.76. The summed E-state index contributed by atoms with van der Waals surface area (Å²) in [4.78, 5) is 16.6. The quantitative estimate of drug-likeness (QED) is 0.732. The number of aliphatic hydroxyl groups is 1. The van der Waals surface area contributed by atoms with Gasteiger partial charge in [-0.2, -0.15) is 0 Å². The summed E-state index contributed by atoms with van der Waals surface area (Å²) in [6, 6.07) is 14.3. The second-order valence-electron chi connectivity index (χ2n) is 5.45. The number of pyridine rings is 1. The van der Waals surface area contributed by atoms with Crippen molar-refractivity contribution >= 4 is 16.7 Å². The largest absolute Gasteiger partial charge is 0.497 e. The minimum Gasteiger partial charge on any atom is -0.497 e. The summed E-state index contributed by atoms with van der Waals surface area (Å²) in [5.41, 5.74) is 1.64. The number of rotatable bonds is 5. The Hall–Kier alpha value is -2.79. The Morgan fingerprint density at radius 2 is 1.92 bits per heavy atom. The van der Waals surface area contributed by atoms with Crippen LogP contribution in [0.25, 0.3) is 10.9 Å². The zero-order chi connectivity index (χ0) is 17.1. The molecule has 122 valence electrons. The lowest BCUT2D eigenvalue weighted by Crippen LogP contribution is -2.23. The third-order valence-corrected chi connectivity index (χ3v) is 3.79. The topological polar surface area (TPSA) is 59.4 Å². The fraction of sp³-hybridized carbons (Fsp3) is 0.158. The zero-order valence-electron chi connectivity index (χ0n) is 13.1. The van der Waals surface area contributed by atoms with E-state index in [-0.39, 0.29) is 12.0 Å². The summed E-state index contributed by atoms with van der Waals surface area (Å²) in [5.74, 6) is -0.136. The first-order chi connectivity index (χ1) is 11.6. The maximum Gasteiger partial charge on any atom is 0.191 e. The number of aliphatic hydroxyl groups excluding tert-OH is 1. The molecule has 0 radical (unpaired) electrons. The first-order valence-corrected chi connectivity index (χ1v) is 7.48. The van der Waals surface area contributed by atoms with E-state index >= 15 is 0 Å². The number of hydrogen-bond donors (Lipinski definition) is 1. The van der Waals surface area contributed by atoms with Gasteiger partial charge in [0.15, 0.2) is 5.78 Å². The number of benzene rings is 2. The molecule has 5 heteroatoms. The average Bonchev–Trinajstić information content (AvgIpc) is 2.61. The third kappa shape index (κ3) is 3.41. The molecule has 0 bridgehead atoms. The Labute approximate surface area is 138 Å². The van der Waals surface area contributed by atoms with Crippen molar-refractivity contribution in [2.24, 2.45) is 0 Å². The van der Waals surface area contributed by atoms with Gasteiger partial charge in [-0.3, -0.25) is 9.78 Å². The Morgan fingerprint density at radius 3 is 2.62 bits per heavy atom. The van der Waals surface area contributed by atoms with E-state index in [4.69, 9.17) is 4.74 Å². The molecule has 1 N–H and O–H groups in total. The highest BCUT2D eigenvalue weighted by molar-refractivity contribution is 5.99. The molecule has 1 atom stereocenters. The van der Waals surface area contributed by atoms with Crippen molar-refractivity contribution in [2.45, 2.75) is 12.5 Å². The summed E-state index contributed by atoms with van der Waals surface area (Å²) in [5, 5.41) is 11.1. The van der Waals surface area contributed by atoms with Gasteiger partial charge >= 0.3 is 0 Å². The molecule has 0 amide bonds. The number of methoxy groups -OCH3 is 1. The molecule has 24 heavy (non-hydrogen) atoms. The standard InChI is InChI=1S/C19H16FNO3/c1-24-16-8-9-17-13(10-16)4-7-15(21-17)11-18(22)19(23)12-2-5-14(20)6-3-12/h2-10,18,22H,11H2,1H3. The van der Waals surface area contributed by atoms with Gasteiger partial charge in [0.25, 0.3) is 0 Å². The highest BCUT2D eigenvalue weighted by Crippen LogP contribution is 2.20. The number of ether oxygens (including phenoxy) is 1. The average molecular weight is 325 g/mol. The maximum absolute atomic E-state index is 12.9. The Morgan fingerprint density at radius 1 is 1.17 bits per heavy atom. The normalized spacial score (nSPS) is 12.1. The van der Waals surface area contributed by atoms with Crippen LogP contribution in [0.4, 0.5) is 4.39 Å². The van der Waals surface area contributed by atoms with E-state index in [9.17, 15) is 14.3 Å². The predicted octanol–water partition coefficient (Wildman–Crippen LogP) is 3.17. The molecule has 4 nitrogen and oxygen atoms in total. The van der Waals surface area contributed by atoms with Gasteiger partial charge < -0.3 is 9.84 Å². The van der Waals surface area contributed by atoms with Crippen molar-refractivity contribution in [2.75, 3.05) is 7.11 Å². The molecule has 3 rings (SSSR count). The smallest absolute Gasteiger partial charge is 0.191 e. The third-order valence-electron chi connectivity index (χ3n) is 3.79. The van der Waals surface area contributed by atoms with Crippen LogP contribution in [0.1, 0.15) is 16.1 Å². The van der Waals surface area contributed by atoms with Crippen LogP contribution in [0.5, 0.6) is 5.75 Å². The summed E-state index contributed by atoms with van der Waals surface area (Å²) < 4.78 is 18.1. The number of nitrogens with zero attached hydrogens (tertiary/aromatic N) is 1. The molecule has 0 saturated heterocycles. The van der Waals surface area contributed by atoms with Crippen LogP contribution in [0.3, 0.4) is 0 Å². The highest BCUT2D eigenvalue weighted by atomic mass is 19.1. The first-order valence-electron chi connectivity index (χ1n) is 7.48. The number of carbonyl (C=O) groups excluding carboxylic acids is 1. The Bertz CT molecular complexity index is 877. The van der Waals surface area contributed by atoms with Crippen molar-refractivity contribution in [3.63, 3.8) is 0 Å². The first kappa shape index (κ1) is 16.1. The van der Waals surface area contributed by atoms with Crippen molar-refractivity contribution in [3.8, 4) is 5.75 Å². The van der Waals surface area contributed by atoms with Gasteiger partial charge in [-0.15, -0.1) is 0 Å². The van der Waals surface area contributed by atoms with Gasteiger partial charge in [0.2, 0.25) is 0 Å². The molecular formula is C19H16FNO3. The van der Waals surface area contributed by atoms with E-state index < -0.39 is 17.7 Å². The van der Waals surface area contributed by atoms with Crippen LogP contribution in [-0.4, -0.2) is 29.1 Å². The number of fused-ring (bicyclic) bond motifs is 1. The van der Waals surface area contributed by atoms with Crippen LogP contribution in [0.2, 0.25) is 0 Å². The van der Waals surface area contributed by atoms with Crippen molar-refractivity contribution in [1.29, 1.82) is 0 Å². The highest BCUT2D eigenvalue weighted by Gasteiger charge is 2.18. The zero-order valence-corrected chi connectivity index (χ0v) is 13.1. The number of ketones is 1. The van der Waals surface area contributed by atoms with E-state index in [0.717, 1.165) is 16.7 Å². The Kier molecular flexibility index (Phi) is 4.53.